The third-order valence-corrected chi connectivity index (χ3v) is 3.15. The van der Waals surface area contributed by atoms with Crippen LogP contribution in [0.2, 0.25) is 0 Å². The Hall–Kier alpha value is -3.03. The van der Waals surface area contributed by atoms with Crippen LogP contribution in [0, 0.1) is 6.92 Å². The van der Waals surface area contributed by atoms with Gasteiger partial charge >= 0.3 is 5.97 Å². The maximum atomic E-state index is 11.9. The number of anilines is 1. The van der Waals surface area contributed by atoms with Gasteiger partial charge in [-0.05, 0) is 25.5 Å². The van der Waals surface area contributed by atoms with Crippen molar-refractivity contribution < 1.29 is 14.1 Å². The van der Waals surface area contributed by atoms with Gasteiger partial charge < -0.3 is 14.6 Å². The van der Waals surface area contributed by atoms with Crippen molar-refractivity contribution in [2.75, 3.05) is 11.9 Å². The lowest BCUT2D eigenvalue weighted by Crippen LogP contribution is -2.12. The van der Waals surface area contributed by atoms with E-state index in [1.807, 2.05) is 12.1 Å². The topological polar surface area (TPSA) is 103 Å². The molecule has 0 saturated carbocycles. The summed E-state index contributed by atoms with van der Waals surface area (Å²) in [7, 11) is 0. The first-order valence-electron chi connectivity index (χ1n) is 7.13. The minimum absolute atomic E-state index is 0.0656. The Morgan fingerprint density at radius 2 is 2.26 bits per heavy atom. The smallest absolute Gasteiger partial charge is 0.376 e. The van der Waals surface area contributed by atoms with Gasteiger partial charge in [0.05, 0.1) is 12.3 Å². The van der Waals surface area contributed by atoms with Crippen LogP contribution in [0.25, 0.3) is 11.1 Å². The minimum Gasteiger partial charge on any atom is -0.460 e. The molecule has 3 aromatic heterocycles. The van der Waals surface area contributed by atoms with E-state index in [4.69, 9.17) is 9.26 Å². The van der Waals surface area contributed by atoms with Crippen LogP contribution in [-0.4, -0.2) is 32.7 Å². The summed E-state index contributed by atoms with van der Waals surface area (Å²) in [6.45, 7) is 4.24. The lowest BCUT2D eigenvalue weighted by atomic mass is 10.2. The second-order valence-electron chi connectivity index (χ2n) is 4.78. The lowest BCUT2D eigenvalue weighted by molar-refractivity contribution is 0.0512. The standard InChI is InChI=1S/C15H15N5O3/c1-3-22-15(21)13-18-12(11-9(2)20-23-14(11)19-13)17-8-10-5-4-6-16-7-10/h4-7H,3,8H2,1-2H3,(H,17,18,19). The first kappa shape index (κ1) is 14.9. The molecule has 0 fully saturated rings. The summed E-state index contributed by atoms with van der Waals surface area (Å²) in [5.41, 5.74) is 1.87. The quantitative estimate of drug-likeness (QED) is 0.714. The molecule has 8 nitrogen and oxygen atoms in total. The lowest BCUT2D eigenvalue weighted by Gasteiger charge is -2.08. The number of hydrogen-bond acceptors (Lipinski definition) is 8. The largest absolute Gasteiger partial charge is 0.460 e. The number of aromatic nitrogens is 4. The van der Waals surface area contributed by atoms with Crippen LogP contribution in [0.1, 0.15) is 28.8 Å². The van der Waals surface area contributed by atoms with Crippen molar-refractivity contribution in [1.29, 1.82) is 0 Å². The molecule has 0 aliphatic heterocycles. The zero-order chi connectivity index (χ0) is 16.2. The number of esters is 1. The van der Waals surface area contributed by atoms with Crippen LogP contribution < -0.4 is 5.32 Å². The number of nitrogens with zero attached hydrogens (tertiary/aromatic N) is 4. The van der Waals surface area contributed by atoms with E-state index < -0.39 is 5.97 Å². The molecule has 3 rings (SSSR count). The van der Waals surface area contributed by atoms with Crippen LogP contribution in [0.5, 0.6) is 0 Å². The van der Waals surface area contributed by atoms with E-state index in [0.717, 1.165) is 5.56 Å². The van der Waals surface area contributed by atoms with E-state index in [2.05, 4.69) is 25.4 Å². The average molecular weight is 313 g/mol. The summed E-state index contributed by atoms with van der Waals surface area (Å²) in [6.07, 6.45) is 3.45. The summed E-state index contributed by atoms with van der Waals surface area (Å²) in [5.74, 6) is -0.197. The van der Waals surface area contributed by atoms with E-state index in [1.165, 1.54) is 0 Å². The molecule has 23 heavy (non-hydrogen) atoms. The Labute approximate surface area is 131 Å². The number of nitrogens with one attached hydrogen (secondary N) is 1. The fourth-order valence-electron chi connectivity index (χ4n) is 2.09. The number of pyridine rings is 1. The molecule has 0 aliphatic rings. The first-order valence-corrected chi connectivity index (χ1v) is 7.13. The summed E-state index contributed by atoms with van der Waals surface area (Å²) in [5, 5.41) is 7.69. The molecule has 0 amide bonds. The highest BCUT2D eigenvalue weighted by molar-refractivity contribution is 5.93. The fourth-order valence-corrected chi connectivity index (χ4v) is 2.09. The van der Waals surface area contributed by atoms with E-state index in [1.54, 1.807) is 26.2 Å². The van der Waals surface area contributed by atoms with Gasteiger partial charge in [0, 0.05) is 18.9 Å². The molecule has 3 aromatic rings. The number of hydrogen-bond donors (Lipinski definition) is 1. The molecule has 3 heterocycles. The van der Waals surface area contributed by atoms with Crippen molar-refractivity contribution in [3.63, 3.8) is 0 Å². The third kappa shape index (κ3) is 3.10. The summed E-state index contributed by atoms with van der Waals surface area (Å²) < 4.78 is 10.1. The second kappa shape index (κ2) is 6.39. The molecule has 0 atom stereocenters. The molecule has 118 valence electrons. The van der Waals surface area contributed by atoms with E-state index in [0.29, 0.717) is 23.4 Å². The fraction of sp³-hybridized carbons (Fsp3) is 0.267. The van der Waals surface area contributed by atoms with E-state index >= 15 is 0 Å². The molecule has 0 unspecified atom stereocenters. The van der Waals surface area contributed by atoms with Crippen molar-refractivity contribution >= 4 is 22.9 Å². The van der Waals surface area contributed by atoms with Crippen molar-refractivity contribution in [3.8, 4) is 0 Å². The van der Waals surface area contributed by atoms with Crippen LogP contribution >= 0.6 is 0 Å². The van der Waals surface area contributed by atoms with Crippen LogP contribution in [0.3, 0.4) is 0 Å². The number of ether oxygens (including phenoxy) is 1. The summed E-state index contributed by atoms with van der Waals surface area (Å²) >= 11 is 0. The van der Waals surface area contributed by atoms with Gasteiger partial charge in [0.25, 0.3) is 5.71 Å². The third-order valence-electron chi connectivity index (χ3n) is 3.15. The van der Waals surface area contributed by atoms with E-state index in [9.17, 15) is 4.79 Å². The zero-order valence-electron chi connectivity index (χ0n) is 12.7. The first-order chi connectivity index (χ1) is 11.2. The van der Waals surface area contributed by atoms with Gasteiger partial charge in [0.15, 0.2) is 0 Å². The molecule has 0 radical (unpaired) electrons. The monoisotopic (exact) mass is 313 g/mol. The number of carbonyl (C=O) groups is 1. The predicted octanol–water partition coefficient (Wildman–Crippen LogP) is 2.11. The average Bonchev–Trinajstić information content (AvgIpc) is 2.95. The Balaban J connectivity index is 1.96. The molecule has 0 spiro atoms. The Bertz CT molecular complexity index is 832. The molecule has 0 aromatic carbocycles. The number of aryl methyl sites for hydroxylation is 1. The van der Waals surface area contributed by atoms with Crippen LogP contribution in [-0.2, 0) is 11.3 Å². The van der Waals surface area contributed by atoms with Crippen LogP contribution in [0.4, 0.5) is 5.82 Å². The van der Waals surface area contributed by atoms with Crippen LogP contribution in [0.15, 0.2) is 29.0 Å². The van der Waals surface area contributed by atoms with E-state index in [-0.39, 0.29) is 18.1 Å². The van der Waals surface area contributed by atoms with Crippen molar-refractivity contribution in [1.82, 2.24) is 20.1 Å². The van der Waals surface area contributed by atoms with Gasteiger partial charge in [0.1, 0.15) is 11.2 Å². The number of fused-ring (bicyclic) bond motifs is 1. The molecular weight excluding hydrogens is 298 g/mol. The van der Waals surface area contributed by atoms with Gasteiger partial charge in [-0.1, -0.05) is 11.2 Å². The SMILES string of the molecule is CCOC(=O)c1nc(NCc2cccnc2)c2c(C)noc2n1. The highest BCUT2D eigenvalue weighted by Gasteiger charge is 2.19. The highest BCUT2D eigenvalue weighted by Crippen LogP contribution is 2.24. The Morgan fingerprint density at radius 1 is 1.39 bits per heavy atom. The number of carbonyl (C=O) groups excluding carboxylic acids is 1. The van der Waals surface area contributed by atoms with Crippen molar-refractivity contribution in [2.24, 2.45) is 0 Å². The summed E-state index contributed by atoms with van der Waals surface area (Å²) in [4.78, 5) is 24.2. The predicted molar refractivity (Wildman–Crippen MR) is 81.9 cm³/mol. The van der Waals surface area contributed by atoms with Crippen molar-refractivity contribution in [2.45, 2.75) is 20.4 Å². The molecular formula is C15H15N5O3. The van der Waals surface area contributed by atoms with Gasteiger partial charge in [-0.15, -0.1) is 0 Å². The second-order valence-corrected chi connectivity index (χ2v) is 4.78. The molecule has 0 bridgehead atoms. The van der Waals surface area contributed by atoms with Crippen molar-refractivity contribution in [3.05, 3.63) is 41.6 Å². The normalized spacial score (nSPS) is 10.7. The summed E-state index contributed by atoms with van der Waals surface area (Å²) in [6, 6.07) is 3.78. The van der Waals surface area contributed by atoms with Gasteiger partial charge in [0.2, 0.25) is 5.82 Å². The molecule has 0 aliphatic carbocycles. The number of rotatable bonds is 5. The van der Waals surface area contributed by atoms with Gasteiger partial charge in [-0.2, -0.15) is 4.98 Å². The Morgan fingerprint density at radius 3 is 3.00 bits per heavy atom. The molecule has 1 N–H and O–H groups in total. The minimum atomic E-state index is -0.604. The van der Waals surface area contributed by atoms with Gasteiger partial charge in [-0.3, -0.25) is 4.98 Å². The maximum Gasteiger partial charge on any atom is 0.376 e. The molecule has 8 heteroatoms. The zero-order valence-corrected chi connectivity index (χ0v) is 12.7. The van der Waals surface area contributed by atoms with Gasteiger partial charge in [-0.25, -0.2) is 9.78 Å². The Kier molecular flexibility index (Phi) is 4.13. The molecule has 0 saturated heterocycles. The highest BCUT2D eigenvalue weighted by atomic mass is 16.5. The maximum absolute atomic E-state index is 11.9.